The van der Waals surface area contributed by atoms with Gasteiger partial charge in [0.25, 0.3) is 11.8 Å². The molecule has 1 saturated heterocycles. The number of rotatable bonds is 3. The molecule has 0 unspecified atom stereocenters. The summed E-state index contributed by atoms with van der Waals surface area (Å²) < 4.78 is 2.11. The summed E-state index contributed by atoms with van der Waals surface area (Å²) in [4.78, 5) is 27.4. The Labute approximate surface area is 207 Å². The minimum atomic E-state index is -0.534. The van der Waals surface area contributed by atoms with E-state index in [2.05, 4.69) is 40.2 Å². The molecule has 1 aliphatic rings. The molecule has 3 aromatic carbocycles. The van der Waals surface area contributed by atoms with E-state index in [4.69, 9.17) is 23.8 Å². The Hall–Kier alpha value is -3.74. The fourth-order valence-electron chi connectivity index (χ4n) is 4.31. The Morgan fingerprint density at radius 1 is 0.912 bits per heavy atom. The van der Waals surface area contributed by atoms with Gasteiger partial charge in [0, 0.05) is 17.1 Å². The number of para-hydroxylation sites is 1. The van der Waals surface area contributed by atoms with Crippen LogP contribution in [0, 0.1) is 13.8 Å². The highest BCUT2D eigenvalue weighted by atomic mass is 35.5. The van der Waals surface area contributed by atoms with E-state index in [-0.39, 0.29) is 10.7 Å². The van der Waals surface area contributed by atoms with Crippen LogP contribution in [0.1, 0.15) is 17.0 Å². The first-order valence-electron chi connectivity index (χ1n) is 10.7. The summed E-state index contributed by atoms with van der Waals surface area (Å²) in [5, 5.41) is 5.28. The number of fused-ring (bicyclic) bond motifs is 1. The van der Waals surface area contributed by atoms with Crippen LogP contribution in [0.25, 0.3) is 22.5 Å². The number of aryl methyl sites for hydroxylation is 1. The molecular formula is C27H20ClN3O2S. The molecule has 7 heteroatoms. The third kappa shape index (κ3) is 3.71. The van der Waals surface area contributed by atoms with Gasteiger partial charge in [-0.2, -0.15) is 0 Å². The molecule has 1 aliphatic heterocycles. The van der Waals surface area contributed by atoms with Gasteiger partial charge in [-0.3, -0.25) is 19.8 Å². The quantitative estimate of drug-likeness (QED) is 0.229. The van der Waals surface area contributed by atoms with Crippen LogP contribution in [-0.2, 0) is 9.59 Å². The van der Waals surface area contributed by atoms with Gasteiger partial charge in [-0.15, -0.1) is 0 Å². The minimum absolute atomic E-state index is 0.00175. The molecule has 0 aliphatic carbocycles. The van der Waals surface area contributed by atoms with Crippen molar-refractivity contribution in [3.05, 3.63) is 100 Å². The normalized spacial score (nSPS) is 15.3. The van der Waals surface area contributed by atoms with Crippen LogP contribution in [0.4, 0.5) is 5.69 Å². The zero-order valence-electron chi connectivity index (χ0n) is 18.5. The van der Waals surface area contributed by atoms with Crippen LogP contribution >= 0.6 is 23.8 Å². The van der Waals surface area contributed by atoms with E-state index in [1.807, 2.05) is 32.0 Å². The second-order valence-electron chi connectivity index (χ2n) is 8.10. The third-order valence-corrected chi connectivity index (χ3v) is 6.56. The molecule has 0 spiro atoms. The number of nitrogens with one attached hydrogen (secondary N) is 1. The lowest BCUT2D eigenvalue weighted by Crippen LogP contribution is -2.54. The summed E-state index contributed by atoms with van der Waals surface area (Å²) >= 11 is 11.6. The summed E-state index contributed by atoms with van der Waals surface area (Å²) in [6.45, 7) is 3.97. The lowest BCUT2D eigenvalue weighted by molar-refractivity contribution is -0.122. The Morgan fingerprint density at radius 3 is 2.38 bits per heavy atom. The topological polar surface area (TPSA) is 54.3 Å². The standard InChI is InChI=1S/C27H20ClN3O2S/c1-16-13-20(17(2)30(16)21-12-11-18-7-3-4-8-19(18)14-21)15-22-25(32)29-27(34)31(26(22)33)24-10-6-5-9-23(24)28/h3-15H,1-2H3,(H,29,32,34)/b22-15+. The van der Waals surface area contributed by atoms with Crippen molar-refractivity contribution in [1.29, 1.82) is 0 Å². The van der Waals surface area contributed by atoms with Crippen LogP contribution in [0.5, 0.6) is 0 Å². The number of carbonyl (C=O) groups is 2. The van der Waals surface area contributed by atoms with Gasteiger partial charge in [0.2, 0.25) is 0 Å². The number of thiocarbonyl (C=S) groups is 1. The zero-order valence-corrected chi connectivity index (χ0v) is 20.1. The highest BCUT2D eigenvalue weighted by molar-refractivity contribution is 7.80. The molecule has 0 saturated carbocycles. The van der Waals surface area contributed by atoms with Crippen molar-refractivity contribution in [2.45, 2.75) is 13.8 Å². The van der Waals surface area contributed by atoms with Gasteiger partial charge in [-0.25, -0.2) is 0 Å². The molecule has 0 atom stereocenters. The molecule has 4 aromatic rings. The predicted octanol–water partition coefficient (Wildman–Crippen LogP) is 5.73. The average molecular weight is 486 g/mol. The Morgan fingerprint density at radius 2 is 1.62 bits per heavy atom. The summed E-state index contributed by atoms with van der Waals surface area (Å²) in [6, 6.07) is 23.3. The Bertz CT molecular complexity index is 1540. The van der Waals surface area contributed by atoms with Crippen LogP contribution in [0.2, 0.25) is 5.02 Å². The SMILES string of the molecule is Cc1cc(/C=C2\C(=O)NC(=S)N(c3ccccc3Cl)C2=O)c(C)n1-c1ccc2ccccc2c1. The van der Waals surface area contributed by atoms with Crippen LogP contribution in [0.15, 0.2) is 78.4 Å². The van der Waals surface area contributed by atoms with Gasteiger partial charge in [0.15, 0.2) is 5.11 Å². The van der Waals surface area contributed by atoms with E-state index in [9.17, 15) is 9.59 Å². The van der Waals surface area contributed by atoms with Crippen LogP contribution in [0.3, 0.4) is 0 Å². The molecule has 5 nitrogen and oxygen atoms in total. The number of hydrogen-bond acceptors (Lipinski definition) is 3. The van der Waals surface area contributed by atoms with Gasteiger partial charge in [0.05, 0.1) is 10.7 Å². The molecular weight excluding hydrogens is 466 g/mol. The molecule has 2 amide bonds. The van der Waals surface area contributed by atoms with Crippen molar-refractivity contribution in [3.63, 3.8) is 0 Å². The Kier molecular flexibility index (Phi) is 5.55. The number of benzene rings is 3. The van der Waals surface area contributed by atoms with E-state index >= 15 is 0 Å². The lowest BCUT2D eigenvalue weighted by Gasteiger charge is -2.29. The minimum Gasteiger partial charge on any atom is -0.318 e. The van der Waals surface area contributed by atoms with Crippen molar-refractivity contribution in [3.8, 4) is 5.69 Å². The zero-order chi connectivity index (χ0) is 24.0. The van der Waals surface area contributed by atoms with Crippen molar-refractivity contribution in [1.82, 2.24) is 9.88 Å². The first-order valence-corrected chi connectivity index (χ1v) is 11.5. The second kappa shape index (κ2) is 8.56. The van der Waals surface area contributed by atoms with Crippen LogP contribution in [-0.4, -0.2) is 21.5 Å². The molecule has 0 radical (unpaired) electrons. The van der Waals surface area contributed by atoms with E-state index in [1.165, 1.54) is 4.90 Å². The number of anilines is 1. The molecule has 5 rings (SSSR count). The summed E-state index contributed by atoms with van der Waals surface area (Å²) in [5.41, 5.74) is 4.10. The first-order chi connectivity index (χ1) is 16.3. The Balaban J connectivity index is 1.57. The third-order valence-electron chi connectivity index (χ3n) is 5.96. The smallest absolute Gasteiger partial charge is 0.270 e. The first kappa shape index (κ1) is 22.1. The van der Waals surface area contributed by atoms with Crippen molar-refractivity contribution >= 4 is 63.3 Å². The van der Waals surface area contributed by atoms with Gasteiger partial charge in [-0.1, -0.05) is 54.1 Å². The highest BCUT2D eigenvalue weighted by Crippen LogP contribution is 2.30. The fraction of sp³-hybridized carbons (Fsp3) is 0.0741. The maximum Gasteiger partial charge on any atom is 0.270 e. The molecule has 0 bridgehead atoms. The largest absolute Gasteiger partial charge is 0.318 e. The summed E-state index contributed by atoms with van der Waals surface area (Å²) in [7, 11) is 0. The van der Waals surface area contributed by atoms with Crippen molar-refractivity contribution in [2.24, 2.45) is 0 Å². The predicted molar refractivity (Wildman–Crippen MR) is 140 cm³/mol. The van der Waals surface area contributed by atoms with Gasteiger partial charge in [0.1, 0.15) is 5.57 Å². The molecule has 2 heterocycles. The molecule has 34 heavy (non-hydrogen) atoms. The van der Waals surface area contributed by atoms with Crippen molar-refractivity contribution < 1.29 is 9.59 Å². The number of hydrogen-bond donors (Lipinski definition) is 1. The van der Waals surface area contributed by atoms with Gasteiger partial charge < -0.3 is 4.57 Å². The number of amides is 2. The fourth-order valence-corrected chi connectivity index (χ4v) is 4.81. The second-order valence-corrected chi connectivity index (χ2v) is 8.90. The summed E-state index contributed by atoms with van der Waals surface area (Å²) in [5.74, 6) is -1.05. The highest BCUT2D eigenvalue weighted by Gasteiger charge is 2.35. The molecule has 168 valence electrons. The number of carbonyl (C=O) groups excluding carboxylic acids is 2. The lowest BCUT2D eigenvalue weighted by atomic mass is 10.1. The van der Waals surface area contributed by atoms with E-state index in [0.717, 1.165) is 33.4 Å². The number of halogens is 1. The molecule has 1 fully saturated rings. The number of aromatic nitrogens is 1. The van der Waals surface area contributed by atoms with Crippen LogP contribution < -0.4 is 10.2 Å². The van der Waals surface area contributed by atoms with Gasteiger partial charge >= 0.3 is 0 Å². The molecule has 1 aromatic heterocycles. The average Bonchev–Trinajstić information content (AvgIpc) is 3.10. The maximum atomic E-state index is 13.4. The van der Waals surface area contributed by atoms with Crippen molar-refractivity contribution in [2.75, 3.05) is 4.90 Å². The van der Waals surface area contributed by atoms with E-state index in [0.29, 0.717) is 10.7 Å². The van der Waals surface area contributed by atoms with Gasteiger partial charge in [-0.05, 0) is 78.8 Å². The number of nitrogens with zero attached hydrogens (tertiary/aromatic N) is 2. The monoisotopic (exact) mass is 485 g/mol. The van der Waals surface area contributed by atoms with E-state index < -0.39 is 11.8 Å². The maximum absolute atomic E-state index is 13.4. The summed E-state index contributed by atoms with van der Waals surface area (Å²) in [6.07, 6.45) is 1.61. The molecule has 1 N–H and O–H groups in total. The van der Waals surface area contributed by atoms with E-state index in [1.54, 1.807) is 30.3 Å².